The minimum atomic E-state index is -0.137. The summed E-state index contributed by atoms with van der Waals surface area (Å²) < 4.78 is 0. The number of thiazole rings is 1. The first-order valence-corrected chi connectivity index (χ1v) is 5.97. The third kappa shape index (κ3) is 2.57. The van der Waals surface area contributed by atoms with Crippen LogP contribution < -0.4 is 10.6 Å². The molecule has 2 amide bonds. The lowest BCUT2D eigenvalue weighted by atomic mass is 9.98. The number of aromatic nitrogens is 1. The first-order valence-electron chi connectivity index (χ1n) is 5.15. The second kappa shape index (κ2) is 4.61. The van der Waals surface area contributed by atoms with E-state index in [9.17, 15) is 9.59 Å². The molecule has 5 nitrogen and oxygen atoms in total. The lowest BCUT2D eigenvalue weighted by Crippen LogP contribution is -2.40. The van der Waals surface area contributed by atoms with Gasteiger partial charge in [0, 0.05) is 24.0 Å². The van der Waals surface area contributed by atoms with Crippen molar-refractivity contribution in [1.29, 1.82) is 0 Å². The fourth-order valence-corrected chi connectivity index (χ4v) is 2.24. The Hall–Kier alpha value is -1.43. The minimum absolute atomic E-state index is 0.0224. The van der Waals surface area contributed by atoms with Crippen molar-refractivity contribution in [2.45, 2.75) is 19.8 Å². The summed E-state index contributed by atoms with van der Waals surface area (Å²) >= 11 is 1.45. The summed E-state index contributed by atoms with van der Waals surface area (Å²) in [5.41, 5.74) is 0. The van der Waals surface area contributed by atoms with Crippen LogP contribution in [0.25, 0.3) is 0 Å². The predicted molar refractivity (Wildman–Crippen MR) is 61.2 cm³/mol. The Balaban J connectivity index is 1.91. The van der Waals surface area contributed by atoms with Gasteiger partial charge in [0.05, 0.1) is 5.92 Å². The Morgan fingerprint density at radius 2 is 2.50 bits per heavy atom. The highest BCUT2D eigenvalue weighted by Crippen LogP contribution is 2.19. The van der Waals surface area contributed by atoms with Gasteiger partial charge in [-0.3, -0.25) is 9.59 Å². The topological polar surface area (TPSA) is 71.1 Å². The van der Waals surface area contributed by atoms with Crippen molar-refractivity contribution in [1.82, 2.24) is 10.3 Å². The average molecular weight is 239 g/mol. The molecule has 6 heteroatoms. The molecule has 0 saturated carbocycles. The van der Waals surface area contributed by atoms with Gasteiger partial charge in [-0.2, -0.15) is 0 Å². The summed E-state index contributed by atoms with van der Waals surface area (Å²) in [6.07, 6.45) is 2.76. The fourth-order valence-electron chi connectivity index (χ4n) is 1.58. The minimum Gasteiger partial charge on any atom is -0.355 e. The van der Waals surface area contributed by atoms with Crippen molar-refractivity contribution in [2.75, 3.05) is 11.9 Å². The first kappa shape index (κ1) is 11.1. The molecule has 2 rings (SSSR count). The molecule has 1 aromatic heterocycles. The Labute approximate surface area is 97.3 Å². The standard InChI is InChI=1S/C10H13N3O2S/c1-6-4-12-10(16-6)13-9(15)7-2-3-8(14)11-5-7/h4,7H,2-3,5H2,1H3,(H,11,14)(H,12,13,15)/t7-/m1/s1. The summed E-state index contributed by atoms with van der Waals surface area (Å²) in [4.78, 5) is 27.9. The van der Waals surface area contributed by atoms with Crippen LogP contribution in [0, 0.1) is 12.8 Å². The average Bonchev–Trinajstić information content (AvgIpc) is 2.65. The fraction of sp³-hybridized carbons (Fsp3) is 0.500. The number of rotatable bonds is 2. The zero-order valence-corrected chi connectivity index (χ0v) is 9.76. The molecule has 1 aliphatic heterocycles. The molecular formula is C10H13N3O2S. The van der Waals surface area contributed by atoms with Gasteiger partial charge in [0.15, 0.2) is 5.13 Å². The Morgan fingerprint density at radius 3 is 3.06 bits per heavy atom. The largest absolute Gasteiger partial charge is 0.355 e. The molecule has 0 radical (unpaired) electrons. The second-order valence-electron chi connectivity index (χ2n) is 3.80. The molecule has 1 aromatic rings. The van der Waals surface area contributed by atoms with Crippen LogP contribution in [0.2, 0.25) is 0 Å². The number of hydrogen-bond acceptors (Lipinski definition) is 4. The molecule has 86 valence electrons. The van der Waals surface area contributed by atoms with Crippen LogP contribution in [-0.4, -0.2) is 23.3 Å². The quantitative estimate of drug-likeness (QED) is 0.806. The molecule has 0 aliphatic carbocycles. The molecule has 16 heavy (non-hydrogen) atoms. The van der Waals surface area contributed by atoms with Crippen molar-refractivity contribution < 1.29 is 9.59 Å². The molecule has 1 saturated heterocycles. The van der Waals surface area contributed by atoms with E-state index in [1.807, 2.05) is 6.92 Å². The molecule has 0 aromatic carbocycles. The van der Waals surface area contributed by atoms with Crippen LogP contribution in [0.15, 0.2) is 6.20 Å². The number of carbonyl (C=O) groups excluding carboxylic acids is 2. The van der Waals surface area contributed by atoms with E-state index >= 15 is 0 Å². The van der Waals surface area contributed by atoms with Crippen LogP contribution in [0.5, 0.6) is 0 Å². The maximum atomic E-state index is 11.8. The maximum Gasteiger partial charge on any atom is 0.231 e. The van der Waals surface area contributed by atoms with Crippen molar-refractivity contribution >= 4 is 28.3 Å². The number of carbonyl (C=O) groups is 2. The number of nitrogens with zero attached hydrogens (tertiary/aromatic N) is 1. The monoisotopic (exact) mass is 239 g/mol. The van der Waals surface area contributed by atoms with Gasteiger partial charge in [-0.15, -0.1) is 11.3 Å². The number of anilines is 1. The van der Waals surface area contributed by atoms with Gasteiger partial charge < -0.3 is 10.6 Å². The van der Waals surface area contributed by atoms with Crippen LogP contribution in [0.4, 0.5) is 5.13 Å². The highest BCUT2D eigenvalue weighted by molar-refractivity contribution is 7.15. The van der Waals surface area contributed by atoms with E-state index in [1.54, 1.807) is 6.20 Å². The van der Waals surface area contributed by atoms with Crippen molar-refractivity contribution in [3.8, 4) is 0 Å². The van der Waals surface area contributed by atoms with Crippen LogP contribution in [-0.2, 0) is 9.59 Å². The van der Waals surface area contributed by atoms with E-state index in [0.29, 0.717) is 24.5 Å². The summed E-state index contributed by atoms with van der Waals surface area (Å²) in [5.74, 6) is -0.176. The van der Waals surface area contributed by atoms with Gasteiger partial charge in [0.1, 0.15) is 0 Å². The SMILES string of the molecule is Cc1cnc(NC(=O)[C@@H]2CCC(=O)NC2)s1. The van der Waals surface area contributed by atoms with E-state index in [4.69, 9.17) is 0 Å². The highest BCUT2D eigenvalue weighted by atomic mass is 32.1. The van der Waals surface area contributed by atoms with E-state index in [0.717, 1.165) is 4.88 Å². The normalized spacial score (nSPS) is 20.3. The Kier molecular flexibility index (Phi) is 3.19. The third-order valence-electron chi connectivity index (χ3n) is 2.49. The van der Waals surface area contributed by atoms with Crippen molar-refractivity contribution in [2.24, 2.45) is 5.92 Å². The van der Waals surface area contributed by atoms with E-state index < -0.39 is 0 Å². The molecule has 0 unspecified atom stereocenters. The van der Waals surface area contributed by atoms with Gasteiger partial charge in [-0.05, 0) is 13.3 Å². The van der Waals surface area contributed by atoms with Gasteiger partial charge in [0.2, 0.25) is 11.8 Å². The summed E-state index contributed by atoms with van der Waals surface area (Å²) in [6.45, 7) is 2.36. The molecule has 1 aliphatic rings. The summed E-state index contributed by atoms with van der Waals surface area (Å²) in [7, 11) is 0. The van der Waals surface area contributed by atoms with Crippen molar-refractivity contribution in [3.63, 3.8) is 0 Å². The van der Waals surface area contributed by atoms with Gasteiger partial charge in [-0.1, -0.05) is 0 Å². The zero-order chi connectivity index (χ0) is 11.5. The van der Waals surface area contributed by atoms with Crippen LogP contribution in [0.3, 0.4) is 0 Å². The van der Waals surface area contributed by atoms with Gasteiger partial charge >= 0.3 is 0 Å². The smallest absolute Gasteiger partial charge is 0.231 e. The number of piperidine rings is 1. The molecule has 2 heterocycles. The molecule has 0 bridgehead atoms. The van der Waals surface area contributed by atoms with Crippen LogP contribution >= 0.6 is 11.3 Å². The van der Waals surface area contributed by atoms with E-state index in [2.05, 4.69) is 15.6 Å². The third-order valence-corrected chi connectivity index (χ3v) is 3.32. The maximum absolute atomic E-state index is 11.8. The zero-order valence-electron chi connectivity index (χ0n) is 8.95. The molecule has 1 fully saturated rings. The summed E-state index contributed by atoms with van der Waals surface area (Å²) in [6, 6.07) is 0. The Bertz CT molecular complexity index is 406. The number of amides is 2. The van der Waals surface area contributed by atoms with Crippen LogP contribution in [0.1, 0.15) is 17.7 Å². The number of nitrogens with one attached hydrogen (secondary N) is 2. The molecule has 1 atom stereocenters. The number of aryl methyl sites for hydroxylation is 1. The van der Waals surface area contributed by atoms with E-state index in [1.165, 1.54) is 11.3 Å². The Morgan fingerprint density at radius 1 is 1.69 bits per heavy atom. The first-order chi connectivity index (χ1) is 7.65. The lowest BCUT2D eigenvalue weighted by Gasteiger charge is -2.20. The van der Waals surface area contributed by atoms with Gasteiger partial charge in [-0.25, -0.2) is 4.98 Å². The van der Waals surface area contributed by atoms with Crippen molar-refractivity contribution in [3.05, 3.63) is 11.1 Å². The molecule has 2 N–H and O–H groups in total. The summed E-state index contributed by atoms with van der Waals surface area (Å²) in [5, 5.41) is 6.08. The highest BCUT2D eigenvalue weighted by Gasteiger charge is 2.24. The molecule has 0 spiro atoms. The second-order valence-corrected chi connectivity index (χ2v) is 5.04. The lowest BCUT2D eigenvalue weighted by molar-refractivity contribution is -0.126. The van der Waals surface area contributed by atoms with E-state index in [-0.39, 0.29) is 17.7 Å². The number of hydrogen-bond donors (Lipinski definition) is 2. The van der Waals surface area contributed by atoms with Gasteiger partial charge in [0.25, 0.3) is 0 Å². The molecular weight excluding hydrogens is 226 g/mol. The predicted octanol–water partition coefficient (Wildman–Crippen LogP) is 0.916.